The Labute approximate surface area is 119 Å². The molecule has 0 bridgehead atoms. The minimum absolute atomic E-state index is 0.168. The number of nitrogens with zero attached hydrogens (tertiary/aromatic N) is 2. The third kappa shape index (κ3) is 2.34. The summed E-state index contributed by atoms with van der Waals surface area (Å²) in [6.07, 6.45) is 3.48. The van der Waals surface area contributed by atoms with Crippen molar-refractivity contribution in [1.29, 1.82) is 0 Å². The molecular weight excluding hydrogens is 312 g/mol. The van der Waals surface area contributed by atoms with Crippen LogP contribution in [0.15, 0.2) is 22.7 Å². The van der Waals surface area contributed by atoms with Crippen molar-refractivity contribution in [3.63, 3.8) is 0 Å². The van der Waals surface area contributed by atoms with E-state index in [1.165, 1.54) is 0 Å². The van der Waals surface area contributed by atoms with Crippen molar-refractivity contribution in [2.24, 2.45) is 0 Å². The molecule has 2 unspecified atom stereocenters. The third-order valence-corrected chi connectivity index (χ3v) is 4.42. The fourth-order valence-corrected chi connectivity index (χ4v) is 3.46. The first kappa shape index (κ1) is 12.9. The average molecular weight is 327 g/mol. The van der Waals surface area contributed by atoms with Crippen LogP contribution in [0.4, 0.5) is 11.4 Å². The maximum absolute atomic E-state index is 11.2. The molecule has 5 nitrogen and oxygen atoms in total. The van der Waals surface area contributed by atoms with Gasteiger partial charge in [-0.1, -0.05) is 15.9 Å². The molecule has 3 rings (SSSR count). The fraction of sp³-hybridized carbons (Fsp3) is 0.538. The van der Waals surface area contributed by atoms with E-state index in [1.807, 2.05) is 12.1 Å². The van der Waals surface area contributed by atoms with Crippen LogP contribution in [0, 0.1) is 10.1 Å². The van der Waals surface area contributed by atoms with Crippen LogP contribution < -0.4 is 4.90 Å². The predicted molar refractivity (Wildman–Crippen MR) is 75.5 cm³/mol. The number of ether oxygens (including phenoxy) is 1. The van der Waals surface area contributed by atoms with Crippen molar-refractivity contribution in [2.45, 2.75) is 31.4 Å². The van der Waals surface area contributed by atoms with Gasteiger partial charge in [-0.3, -0.25) is 10.1 Å². The van der Waals surface area contributed by atoms with Crippen molar-refractivity contribution < 1.29 is 9.66 Å². The van der Waals surface area contributed by atoms with Crippen molar-refractivity contribution >= 4 is 27.3 Å². The molecular formula is C13H15BrN2O3. The Morgan fingerprint density at radius 3 is 3.05 bits per heavy atom. The number of hydrogen-bond acceptors (Lipinski definition) is 4. The lowest BCUT2D eigenvalue weighted by Gasteiger charge is -2.38. The number of rotatable bonds is 2. The SMILES string of the molecule is O=[N+]([O-])c1cc(Br)ccc1N1CCOC2CCCC21. The number of morpholine rings is 1. The second-order valence-electron chi connectivity index (χ2n) is 4.99. The first-order valence-electron chi connectivity index (χ1n) is 6.49. The highest BCUT2D eigenvalue weighted by molar-refractivity contribution is 9.10. The summed E-state index contributed by atoms with van der Waals surface area (Å²) in [5.74, 6) is 0. The van der Waals surface area contributed by atoms with Crippen LogP contribution >= 0.6 is 15.9 Å². The normalized spacial score (nSPS) is 26.3. The van der Waals surface area contributed by atoms with Gasteiger partial charge >= 0.3 is 0 Å². The minimum atomic E-state index is -0.306. The Balaban J connectivity index is 1.98. The molecule has 1 aromatic rings. The second-order valence-corrected chi connectivity index (χ2v) is 5.91. The van der Waals surface area contributed by atoms with Gasteiger partial charge in [-0.2, -0.15) is 0 Å². The Bertz CT molecular complexity index is 509. The van der Waals surface area contributed by atoms with E-state index in [4.69, 9.17) is 4.74 Å². The van der Waals surface area contributed by atoms with Gasteiger partial charge in [-0.05, 0) is 31.4 Å². The van der Waals surface area contributed by atoms with Crippen molar-refractivity contribution in [3.8, 4) is 0 Å². The first-order valence-corrected chi connectivity index (χ1v) is 7.28. The molecule has 1 saturated heterocycles. The van der Waals surface area contributed by atoms with Crippen LogP contribution in [0.3, 0.4) is 0 Å². The zero-order valence-electron chi connectivity index (χ0n) is 10.4. The number of fused-ring (bicyclic) bond motifs is 1. The summed E-state index contributed by atoms with van der Waals surface area (Å²) >= 11 is 3.30. The van der Waals surface area contributed by atoms with E-state index in [0.29, 0.717) is 12.3 Å². The lowest BCUT2D eigenvalue weighted by atomic mass is 10.1. The van der Waals surface area contributed by atoms with Crippen LogP contribution in [0.25, 0.3) is 0 Å². The van der Waals surface area contributed by atoms with Crippen LogP contribution in [-0.4, -0.2) is 30.2 Å². The van der Waals surface area contributed by atoms with E-state index >= 15 is 0 Å². The molecule has 1 heterocycles. The summed E-state index contributed by atoms with van der Waals surface area (Å²) in [4.78, 5) is 13.1. The van der Waals surface area contributed by atoms with Gasteiger partial charge in [0.1, 0.15) is 5.69 Å². The monoisotopic (exact) mass is 326 g/mol. The molecule has 19 heavy (non-hydrogen) atoms. The van der Waals surface area contributed by atoms with E-state index < -0.39 is 0 Å². The Kier molecular flexibility index (Phi) is 3.45. The lowest BCUT2D eigenvalue weighted by molar-refractivity contribution is -0.384. The van der Waals surface area contributed by atoms with Gasteiger partial charge in [0.05, 0.1) is 23.7 Å². The zero-order chi connectivity index (χ0) is 13.4. The Morgan fingerprint density at radius 1 is 1.42 bits per heavy atom. The van der Waals surface area contributed by atoms with Crippen molar-refractivity contribution in [1.82, 2.24) is 0 Å². The highest BCUT2D eigenvalue weighted by Gasteiger charge is 2.38. The van der Waals surface area contributed by atoms with Crippen LogP contribution in [-0.2, 0) is 4.74 Å². The average Bonchev–Trinajstić information content (AvgIpc) is 2.86. The summed E-state index contributed by atoms with van der Waals surface area (Å²) in [5, 5.41) is 11.2. The quantitative estimate of drug-likeness (QED) is 0.619. The number of nitro benzene ring substituents is 1. The van der Waals surface area contributed by atoms with E-state index in [1.54, 1.807) is 6.07 Å². The summed E-state index contributed by atoms with van der Waals surface area (Å²) < 4.78 is 6.49. The van der Waals surface area contributed by atoms with E-state index in [-0.39, 0.29) is 22.8 Å². The van der Waals surface area contributed by atoms with Crippen LogP contribution in [0.1, 0.15) is 19.3 Å². The molecule has 1 aromatic carbocycles. The summed E-state index contributed by atoms with van der Waals surface area (Å²) in [6, 6.07) is 5.56. The molecule has 0 N–H and O–H groups in total. The highest BCUT2D eigenvalue weighted by Crippen LogP contribution is 2.38. The van der Waals surface area contributed by atoms with Gasteiger partial charge in [0.25, 0.3) is 5.69 Å². The number of nitro groups is 1. The third-order valence-electron chi connectivity index (χ3n) is 3.93. The number of benzene rings is 1. The lowest BCUT2D eigenvalue weighted by Crippen LogP contribution is -2.48. The number of halogens is 1. The molecule has 102 valence electrons. The number of hydrogen-bond donors (Lipinski definition) is 0. The van der Waals surface area contributed by atoms with Crippen molar-refractivity contribution in [2.75, 3.05) is 18.1 Å². The standard InChI is InChI=1S/C13H15BrN2O3/c14-9-4-5-10(12(8-9)16(17)18)15-6-7-19-13-3-1-2-11(13)15/h4-5,8,11,13H,1-3,6-7H2. The van der Waals surface area contributed by atoms with Gasteiger partial charge in [0, 0.05) is 17.1 Å². The van der Waals surface area contributed by atoms with Gasteiger partial charge in [-0.25, -0.2) is 0 Å². The maximum atomic E-state index is 11.2. The molecule has 1 saturated carbocycles. The van der Waals surface area contributed by atoms with Crippen LogP contribution in [0.5, 0.6) is 0 Å². The molecule has 2 atom stereocenters. The predicted octanol–water partition coefficient (Wildman–Crippen LogP) is 3.12. The van der Waals surface area contributed by atoms with Gasteiger partial charge in [-0.15, -0.1) is 0 Å². The molecule has 1 aliphatic carbocycles. The Hall–Kier alpha value is -1.14. The minimum Gasteiger partial charge on any atom is -0.374 e. The summed E-state index contributed by atoms with van der Waals surface area (Å²) in [5.41, 5.74) is 0.885. The van der Waals surface area contributed by atoms with E-state index in [0.717, 1.165) is 30.3 Å². The smallest absolute Gasteiger partial charge is 0.293 e. The van der Waals surface area contributed by atoms with Crippen molar-refractivity contribution in [3.05, 3.63) is 32.8 Å². The topological polar surface area (TPSA) is 55.6 Å². The summed E-state index contributed by atoms with van der Waals surface area (Å²) in [6.45, 7) is 1.37. The van der Waals surface area contributed by atoms with E-state index in [9.17, 15) is 10.1 Å². The summed E-state index contributed by atoms with van der Waals surface area (Å²) in [7, 11) is 0. The fourth-order valence-electron chi connectivity index (χ4n) is 3.11. The van der Waals surface area contributed by atoms with E-state index in [2.05, 4.69) is 20.8 Å². The number of anilines is 1. The zero-order valence-corrected chi connectivity index (χ0v) is 12.0. The van der Waals surface area contributed by atoms with Gasteiger partial charge < -0.3 is 9.64 Å². The molecule has 0 spiro atoms. The first-order chi connectivity index (χ1) is 9.16. The molecule has 0 aromatic heterocycles. The highest BCUT2D eigenvalue weighted by atomic mass is 79.9. The molecule has 2 aliphatic rings. The molecule has 1 aliphatic heterocycles. The second kappa shape index (κ2) is 5.09. The molecule has 0 radical (unpaired) electrons. The maximum Gasteiger partial charge on any atom is 0.293 e. The molecule has 2 fully saturated rings. The molecule has 6 heteroatoms. The van der Waals surface area contributed by atoms with Gasteiger partial charge in [0.2, 0.25) is 0 Å². The van der Waals surface area contributed by atoms with Crippen LogP contribution in [0.2, 0.25) is 0 Å². The Morgan fingerprint density at radius 2 is 2.26 bits per heavy atom. The van der Waals surface area contributed by atoms with Gasteiger partial charge in [0.15, 0.2) is 0 Å². The largest absolute Gasteiger partial charge is 0.374 e. The molecule has 0 amide bonds.